The van der Waals surface area contributed by atoms with Crippen LogP contribution in [-0.4, -0.2) is 24.9 Å². The van der Waals surface area contributed by atoms with Gasteiger partial charge in [0.1, 0.15) is 5.82 Å². The molecule has 1 rings (SSSR count). The zero-order valence-electron chi connectivity index (χ0n) is 7.95. The second-order valence-electron chi connectivity index (χ2n) is 2.93. The second-order valence-corrected chi connectivity index (χ2v) is 2.93. The number of nitrogens with zero attached hydrogens (tertiary/aromatic N) is 1. The fraction of sp³-hybridized carbons (Fsp3) is 0.222. The molecule has 2 N–H and O–H groups in total. The predicted molar refractivity (Wildman–Crippen MR) is 56.1 cm³/mol. The van der Waals surface area contributed by atoms with E-state index in [1.165, 1.54) is 17.0 Å². The highest BCUT2D eigenvalue weighted by molar-refractivity contribution is 5.98. The van der Waals surface area contributed by atoms with Gasteiger partial charge in [0.25, 0.3) is 5.91 Å². The summed E-state index contributed by atoms with van der Waals surface area (Å²) < 4.78 is 12.7. The molecule has 0 saturated heterocycles. The number of halogens is 2. The number of anilines is 1. The third kappa shape index (κ3) is 2.60. The highest BCUT2D eigenvalue weighted by Crippen LogP contribution is 2.14. The predicted octanol–water partition coefficient (Wildman–Crippen LogP) is 1.53. The molecule has 1 aromatic rings. The number of hydrogen-bond acceptors (Lipinski definition) is 2. The SMILES string of the molecule is CN(C)C(=O)c1cc(F)ccc1N.Cl. The lowest BCUT2D eigenvalue weighted by Gasteiger charge is -2.11. The normalized spacial score (nSPS) is 9.07. The van der Waals surface area contributed by atoms with Crippen molar-refractivity contribution in [2.24, 2.45) is 0 Å². The van der Waals surface area contributed by atoms with Gasteiger partial charge in [-0.25, -0.2) is 4.39 Å². The maximum Gasteiger partial charge on any atom is 0.255 e. The summed E-state index contributed by atoms with van der Waals surface area (Å²) >= 11 is 0. The van der Waals surface area contributed by atoms with Crippen LogP contribution in [0.15, 0.2) is 18.2 Å². The number of nitrogen functional groups attached to an aromatic ring is 1. The van der Waals surface area contributed by atoms with E-state index in [1.54, 1.807) is 14.1 Å². The van der Waals surface area contributed by atoms with Crippen LogP contribution in [0.5, 0.6) is 0 Å². The van der Waals surface area contributed by atoms with Crippen LogP contribution in [0.2, 0.25) is 0 Å². The number of rotatable bonds is 1. The van der Waals surface area contributed by atoms with Crippen molar-refractivity contribution in [1.82, 2.24) is 4.90 Å². The van der Waals surface area contributed by atoms with Crippen molar-refractivity contribution >= 4 is 24.0 Å². The van der Waals surface area contributed by atoms with Gasteiger partial charge in [-0.05, 0) is 18.2 Å². The van der Waals surface area contributed by atoms with Crippen molar-refractivity contribution in [3.05, 3.63) is 29.6 Å². The molecule has 78 valence electrons. The van der Waals surface area contributed by atoms with Crippen LogP contribution in [0, 0.1) is 5.82 Å². The smallest absolute Gasteiger partial charge is 0.255 e. The maximum atomic E-state index is 12.7. The fourth-order valence-corrected chi connectivity index (χ4v) is 0.955. The monoisotopic (exact) mass is 218 g/mol. The first-order chi connectivity index (χ1) is 6.02. The molecule has 0 aliphatic heterocycles. The van der Waals surface area contributed by atoms with Crippen LogP contribution in [0.1, 0.15) is 10.4 Å². The molecule has 5 heteroatoms. The second kappa shape index (κ2) is 4.81. The molecule has 0 aliphatic rings. The Labute approximate surface area is 88.1 Å². The van der Waals surface area contributed by atoms with E-state index in [-0.39, 0.29) is 23.9 Å². The molecular formula is C9H12ClFN2O. The van der Waals surface area contributed by atoms with E-state index >= 15 is 0 Å². The third-order valence-corrected chi connectivity index (χ3v) is 1.65. The summed E-state index contributed by atoms with van der Waals surface area (Å²) in [7, 11) is 3.18. The highest BCUT2D eigenvalue weighted by atomic mass is 35.5. The first-order valence-electron chi connectivity index (χ1n) is 3.79. The van der Waals surface area contributed by atoms with Crippen molar-refractivity contribution in [2.75, 3.05) is 19.8 Å². The van der Waals surface area contributed by atoms with Gasteiger partial charge in [-0.15, -0.1) is 12.4 Å². The number of nitrogens with two attached hydrogens (primary N) is 1. The lowest BCUT2D eigenvalue weighted by molar-refractivity contribution is 0.0828. The van der Waals surface area contributed by atoms with Gasteiger partial charge >= 0.3 is 0 Å². The van der Waals surface area contributed by atoms with Crippen LogP contribution in [0.3, 0.4) is 0 Å². The molecule has 1 amide bonds. The van der Waals surface area contributed by atoms with Crippen molar-refractivity contribution < 1.29 is 9.18 Å². The van der Waals surface area contributed by atoms with Gasteiger partial charge in [-0.2, -0.15) is 0 Å². The number of carbonyl (C=O) groups is 1. The van der Waals surface area contributed by atoms with Gasteiger partial charge in [0, 0.05) is 19.8 Å². The molecule has 0 heterocycles. The average Bonchev–Trinajstić information content (AvgIpc) is 2.08. The van der Waals surface area contributed by atoms with Crippen LogP contribution in [0.4, 0.5) is 10.1 Å². The largest absolute Gasteiger partial charge is 0.398 e. The first kappa shape index (κ1) is 12.7. The molecule has 1 aromatic carbocycles. The van der Waals surface area contributed by atoms with Gasteiger partial charge in [-0.3, -0.25) is 4.79 Å². The molecule has 0 atom stereocenters. The minimum atomic E-state index is -0.459. The van der Waals surface area contributed by atoms with Crippen LogP contribution in [-0.2, 0) is 0 Å². The molecular weight excluding hydrogens is 207 g/mol. The minimum absolute atomic E-state index is 0. The topological polar surface area (TPSA) is 46.3 Å². The molecule has 3 nitrogen and oxygen atoms in total. The van der Waals surface area contributed by atoms with Gasteiger partial charge < -0.3 is 10.6 Å². The number of hydrogen-bond donors (Lipinski definition) is 1. The van der Waals surface area contributed by atoms with E-state index in [1.807, 2.05) is 0 Å². The third-order valence-electron chi connectivity index (χ3n) is 1.65. The van der Waals surface area contributed by atoms with Gasteiger partial charge in [0.05, 0.1) is 5.56 Å². The Kier molecular flexibility index (Phi) is 4.37. The standard InChI is InChI=1S/C9H11FN2O.ClH/c1-12(2)9(13)7-5-6(10)3-4-8(7)11;/h3-5H,11H2,1-2H3;1H. The summed E-state index contributed by atoms with van der Waals surface area (Å²) in [5, 5.41) is 0. The van der Waals surface area contributed by atoms with E-state index in [4.69, 9.17) is 5.73 Å². The van der Waals surface area contributed by atoms with E-state index < -0.39 is 5.82 Å². The average molecular weight is 219 g/mol. The van der Waals surface area contributed by atoms with Gasteiger partial charge in [-0.1, -0.05) is 0 Å². The van der Waals surface area contributed by atoms with Crippen molar-refractivity contribution in [1.29, 1.82) is 0 Å². The van der Waals surface area contributed by atoms with E-state index in [9.17, 15) is 9.18 Å². The van der Waals surface area contributed by atoms with Crippen molar-refractivity contribution in [2.45, 2.75) is 0 Å². The quantitative estimate of drug-likeness (QED) is 0.727. The molecule has 0 unspecified atom stereocenters. The van der Waals surface area contributed by atoms with E-state index in [0.29, 0.717) is 5.69 Å². The molecule has 0 bridgehead atoms. The zero-order chi connectivity index (χ0) is 10.0. The Hall–Kier alpha value is -1.29. The van der Waals surface area contributed by atoms with Gasteiger partial charge in [0.2, 0.25) is 0 Å². The number of benzene rings is 1. The van der Waals surface area contributed by atoms with Gasteiger partial charge in [0.15, 0.2) is 0 Å². The minimum Gasteiger partial charge on any atom is -0.398 e. The first-order valence-corrected chi connectivity index (χ1v) is 3.79. The Morgan fingerprint density at radius 2 is 2.00 bits per heavy atom. The Bertz CT molecular complexity index is 342. The molecule has 0 fully saturated rings. The summed E-state index contributed by atoms with van der Waals surface area (Å²) in [5.41, 5.74) is 6.00. The Balaban J connectivity index is 0.00000169. The number of amides is 1. The summed E-state index contributed by atoms with van der Waals surface area (Å²) in [6, 6.07) is 3.74. The Morgan fingerprint density at radius 3 is 2.50 bits per heavy atom. The highest BCUT2D eigenvalue weighted by Gasteiger charge is 2.11. The van der Waals surface area contributed by atoms with Crippen LogP contribution >= 0.6 is 12.4 Å². The molecule has 0 spiro atoms. The maximum absolute atomic E-state index is 12.7. The lowest BCUT2D eigenvalue weighted by atomic mass is 10.1. The Morgan fingerprint density at radius 1 is 1.43 bits per heavy atom. The van der Waals surface area contributed by atoms with E-state index in [0.717, 1.165) is 6.07 Å². The molecule has 14 heavy (non-hydrogen) atoms. The summed E-state index contributed by atoms with van der Waals surface area (Å²) in [5.74, 6) is -0.753. The van der Waals surface area contributed by atoms with Crippen LogP contribution < -0.4 is 5.73 Å². The lowest BCUT2D eigenvalue weighted by Crippen LogP contribution is -2.22. The van der Waals surface area contributed by atoms with E-state index in [2.05, 4.69) is 0 Å². The molecule has 0 radical (unpaired) electrons. The summed E-state index contributed by atoms with van der Waals surface area (Å²) in [6.45, 7) is 0. The van der Waals surface area contributed by atoms with Crippen molar-refractivity contribution in [3.8, 4) is 0 Å². The van der Waals surface area contributed by atoms with Crippen LogP contribution in [0.25, 0.3) is 0 Å². The summed E-state index contributed by atoms with van der Waals surface area (Å²) in [4.78, 5) is 12.7. The summed E-state index contributed by atoms with van der Waals surface area (Å²) in [6.07, 6.45) is 0. The molecule has 0 aromatic heterocycles. The molecule has 0 aliphatic carbocycles. The number of carbonyl (C=O) groups excluding carboxylic acids is 1. The fourth-order valence-electron chi connectivity index (χ4n) is 0.955. The van der Waals surface area contributed by atoms with Crippen molar-refractivity contribution in [3.63, 3.8) is 0 Å². The zero-order valence-corrected chi connectivity index (χ0v) is 8.77. The molecule has 0 saturated carbocycles.